The molecule has 3 rings (SSSR count). The van der Waals surface area contributed by atoms with Gasteiger partial charge >= 0.3 is 5.69 Å². The van der Waals surface area contributed by atoms with Crippen LogP contribution in [0.5, 0.6) is 0 Å². The molecule has 0 aromatic carbocycles. The van der Waals surface area contributed by atoms with Gasteiger partial charge in [-0.25, -0.2) is 17.9 Å². The fraction of sp³-hybridized carbons (Fsp3) is 0.571. The Bertz CT molecular complexity index is 811. The molecule has 0 spiro atoms. The molecule has 0 unspecified atom stereocenters. The topological polar surface area (TPSA) is 116 Å². The van der Waals surface area contributed by atoms with Gasteiger partial charge in [0.25, 0.3) is 0 Å². The first-order chi connectivity index (χ1) is 11.0. The van der Waals surface area contributed by atoms with E-state index in [1.54, 1.807) is 0 Å². The minimum atomic E-state index is -3.25. The first-order valence-electron chi connectivity index (χ1n) is 7.45. The summed E-state index contributed by atoms with van der Waals surface area (Å²) < 4.78 is 32.6. The molecule has 1 saturated carbocycles. The van der Waals surface area contributed by atoms with Gasteiger partial charge < -0.3 is 10.5 Å². The van der Waals surface area contributed by atoms with Crippen LogP contribution in [0.2, 0.25) is 0 Å². The standard InChI is InChI=1S/C14H18N4O4S/c15-13-10(3-1-7-16-23(20,21)11-5-6-11)9-18(14(19)17-13)12-4-2-8-22-12/h9,11-12,16H,2,4-8H2,(H2,15,17,19)/t12-/m1/s1. The van der Waals surface area contributed by atoms with Crippen LogP contribution >= 0.6 is 0 Å². The van der Waals surface area contributed by atoms with E-state index < -0.39 is 15.7 Å². The molecule has 2 fully saturated rings. The Balaban J connectivity index is 1.73. The van der Waals surface area contributed by atoms with E-state index in [1.165, 1.54) is 10.8 Å². The van der Waals surface area contributed by atoms with E-state index >= 15 is 0 Å². The second kappa shape index (κ2) is 6.31. The first-order valence-corrected chi connectivity index (χ1v) is 8.99. The van der Waals surface area contributed by atoms with Gasteiger partial charge in [0.2, 0.25) is 10.0 Å². The molecule has 0 amide bonds. The molecule has 1 atom stereocenters. The monoisotopic (exact) mass is 338 g/mol. The zero-order valence-corrected chi connectivity index (χ0v) is 13.3. The highest BCUT2D eigenvalue weighted by atomic mass is 32.2. The van der Waals surface area contributed by atoms with Crippen LogP contribution in [0, 0.1) is 11.8 Å². The number of nitrogen functional groups attached to an aromatic ring is 1. The molecule has 2 aliphatic rings. The van der Waals surface area contributed by atoms with Gasteiger partial charge in [-0.2, -0.15) is 4.98 Å². The molecular weight excluding hydrogens is 320 g/mol. The number of aromatic nitrogens is 2. The molecule has 1 aromatic heterocycles. The van der Waals surface area contributed by atoms with Crippen molar-refractivity contribution in [2.24, 2.45) is 0 Å². The van der Waals surface area contributed by atoms with Crippen LogP contribution in [0.1, 0.15) is 37.5 Å². The summed E-state index contributed by atoms with van der Waals surface area (Å²) in [5.41, 5.74) is 5.61. The van der Waals surface area contributed by atoms with E-state index in [1.807, 2.05) is 0 Å². The Morgan fingerprint density at radius 1 is 1.43 bits per heavy atom. The van der Waals surface area contributed by atoms with Gasteiger partial charge in [-0.05, 0) is 25.7 Å². The fourth-order valence-corrected chi connectivity index (χ4v) is 3.60. The van der Waals surface area contributed by atoms with Crippen molar-refractivity contribution in [3.63, 3.8) is 0 Å². The summed E-state index contributed by atoms with van der Waals surface area (Å²) in [6, 6.07) is 0. The minimum absolute atomic E-state index is 0.00265. The molecule has 2 heterocycles. The normalized spacial score (nSPS) is 21.0. The van der Waals surface area contributed by atoms with E-state index in [-0.39, 0.29) is 23.8 Å². The van der Waals surface area contributed by atoms with Crippen LogP contribution in [0.15, 0.2) is 11.0 Å². The summed E-state index contributed by atoms with van der Waals surface area (Å²) in [6.07, 6.45) is 4.19. The van der Waals surface area contributed by atoms with E-state index in [0.29, 0.717) is 25.0 Å². The second-order valence-corrected chi connectivity index (χ2v) is 7.61. The number of hydrogen-bond acceptors (Lipinski definition) is 6. The van der Waals surface area contributed by atoms with Crippen molar-refractivity contribution in [1.82, 2.24) is 14.3 Å². The zero-order chi connectivity index (χ0) is 16.4. The average molecular weight is 338 g/mol. The fourth-order valence-electron chi connectivity index (χ4n) is 2.34. The van der Waals surface area contributed by atoms with Gasteiger partial charge in [-0.1, -0.05) is 11.8 Å². The van der Waals surface area contributed by atoms with E-state index in [2.05, 4.69) is 21.5 Å². The van der Waals surface area contributed by atoms with Gasteiger partial charge in [0.15, 0.2) is 0 Å². The van der Waals surface area contributed by atoms with Gasteiger partial charge in [-0.15, -0.1) is 0 Å². The molecule has 23 heavy (non-hydrogen) atoms. The number of anilines is 1. The lowest BCUT2D eigenvalue weighted by Gasteiger charge is -2.13. The summed E-state index contributed by atoms with van der Waals surface area (Å²) in [4.78, 5) is 15.6. The molecule has 9 heteroatoms. The largest absolute Gasteiger partial charge is 0.382 e. The maximum absolute atomic E-state index is 11.9. The predicted octanol–water partition coefficient (Wildman–Crippen LogP) is -0.432. The van der Waals surface area contributed by atoms with Gasteiger partial charge in [0.05, 0.1) is 17.4 Å². The first kappa shape index (κ1) is 16.0. The highest BCUT2D eigenvalue weighted by Crippen LogP contribution is 2.27. The van der Waals surface area contributed by atoms with Crippen molar-refractivity contribution < 1.29 is 13.2 Å². The lowest BCUT2D eigenvalue weighted by atomic mass is 10.3. The summed E-state index contributed by atoms with van der Waals surface area (Å²) in [6.45, 7) is 0.600. The SMILES string of the molecule is Nc1nc(=O)n([C@H]2CCCO2)cc1C#CCNS(=O)(=O)C1CC1. The summed E-state index contributed by atoms with van der Waals surface area (Å²) in [5.74, 6) is 5.49. The molecule has 3 N–H and O–H groups in total. The average Bonchev–Trinajstić information content (AvgIpc) is 3.23. The minimum Gasteiger partial charge on any atom is -0.382 e. The Kier molecular flexibility index (Phi) is 4.39. The third-order valence-electron chi connectivity index (χ3n) is 3.75. The lowest BCUT2D eigenvalue weighted by Crippen LogP contribution is -2.28. The molecule has 1 aliphatic carbocycles. The summed E-state index contributed by atoms with van der Waals surface area (Å²) in [7, 11) is -3.25. The highest BCUT2D eigenvalue weighted by Gasteiger charge is 2.35. The maximum Gasteiger partial charge on any atom is 0.351 e. The molecule has 0 radical (unpaired) electrons. The van der Waals surface area contributed by atoms with Crippen LogP contribution in [-0.2, 0) is 14.8 Å². The molecule has 8 nitrogen and oxygen atoms in total. The Labute approximate surface area is 134 Å². The van der Waals surface area contributed by atoms with Crippen molar-refractivity contribution in [1.29, 1.82) is 0 Å². The number of sulfonamides is 1. The highest BCUT2D eigenvalue weighted by molar-refractivity contribution is 7.90. The van der Waals surface area contributed by atoms with Crippen LogP contribution in [0.3, 0.4) is 0 Å². The molecule has 124 valence electrons. The predicted molar refractivity (Wildman–Crippen MR) is 84.0 cm³/mol. The van der Waals surface area contributed by atoms with Gasteiger partial charge in [-0.3, -0.25) is 4.57 Å². The lowest BCUT2D eigenvalue weighted by molar-refractivity contribution is 0.0527. The Hall–Kier alpha value is -1.89. The molecular formula is C14H18N4O4S. The molecule has 0 bridgehead atoms. The third-order valence-corrected chi connectivity index (χ3v) is 5.64. The quantitative estimate of drug-likeness (QED) is 0.720. The van der Waals surface area contributed by atoms with Crippen LogP contribution < -0.4 is 16.1 Å². The smallest absolute Gasteiger partial charge is 0.351 e. The van der Waals surface area contributed by atoms with Crippen LogP contribution in [0.25, 0.3) is 0 Å². The third kappa shape index (κ3) is 3.72. The number of nitrogens with two attached hydrogens (primary N) is 1. The van der Waals surface area contributed by atoms with Crippen molar-refractivity contribution in [3.05, 3.63) is 22.2 Å². The van der Waals surface area contributed by atoms with Crippen molar-refractivity contribution in [3.8, 4) is 11.8 Å². The van der Waals surface area contributed by atoms with Gasteiger partial charge in [0, 0.05) is 12.8 Å². The number of ether oxygens (including phenoxy) is 1. The summed E-state index contributed by atoms with van der Waals surface area (Å²) >= 11 is 0. The van der Waals surface area contributed by atoms with Gasteiger partial charge in [0.1, 0.15) is 12.0 Å². The van der Waals surface area contributed by atoms with Crippen LogP contribution in [-0.4, -0.2) is 36.4 Å². The number of rotatable bonds is 4. The van der Waals surface area contributed by atoms with E-state index in [4.69, 9.17) is 10.5 Å². The number of hydrogen-bond donors (Lipinski definition) is 2. The Morgan fingerprint density at radius 3 is 2.87 bits per heavy atom. The second-order valence-electron chi connectivity index (χ2n) is 5.56. The number of nitrogens with zero attached hydrogens (tertiary/aromatic N) is 2. The van der Waals surface area contributed by atoms with Crippen molar-refractivity contribution in [2.45, 2.75) is 37.2 Å². The van der Waals surface area contributed by atoms with E-state index in [0.717, 1.165) is 12.8 Å². The molecule has 1 aromatic rings. The molecule has 1 aliphatic heterocycles. The van der Waals surface area contributed by atoms with Crippen molar-refractivity contribution >= 4 is 15.8 Å². The van der Waals surface area contributed by atoms with Crippen LogP contribution in [0.4, 0.5) is 5.82 Å². The number of nitrogens with one attached hydrogen (secondary N) is 1. The van der Waals surface area contributed by atoms with E-state index in [9.17, 15) is 13.2 Å². The molecule has 1 saturated heterocycles. The maximum atomic E-state index is 11.9. The summed E-state index contributed by atoms with van der Waals surface area (Å²) in [5, 5.41) is -0.280. The Morgan fingerprint density at radius 2 is 2.22 bits per heavy atom. The van der Waals surface area contributed by atoms with Crippen molar-refractivity contribution in [2.75, 3.05) is 18.9 Å². The zero-order valence-electron chi connectivity index (χ0n) is 12.5.